The molecular weight excluding hydrogens is 781 g/mol. The fourth-order valence-electron chi connectivity index (χ4n) is 7.90. The van der Waals surface area contributed by atoms with Crippen molar-refractivity contribution >= 4 is 17.9 Å². The molecule has 0 aliphatic heterocycles. The summed E-state index contributed by atoms with van der Waals surface area (Å²) in [5.41, 5.74) is 0. The molecule has 0 bridgehead atoms. The van der Waals surface area contributed by atoms with Crippen molar-refractivity contribution in [3.05, 3.63) is 36.5 Å². The second-order valence-corrected chi connectivity index (χ2v) is 18.5. The summed E-state index contributed by atoms with van der Waals surface area (Å²) < 4.78 is 16.8. The van der Waals surface area contributed by atoms with E-state index in [0.717, 1.165) is 77.0 Å². The molecule has 0 fully saturated rings. The van der Waals surface area contributed by atoms with Crippen molar-refractivity contribution in [3.63, 3.8) is 0 Å². The average molecular weight is 885 g/mol. The Morgan fingerprint density at radius 1 is 0.302 bits per heavy atom. The fourth-order valence-corrected chi connectivity index (χ4v) is 7.90. The van der Waals surface area contributed by atoms with Crippen molar-refractivity contribution in [2.24, 2.45) is 0 Å². The molecule has 0 N–H and O–H groups in total. The molecule has 0 saturated carbocycles. The molecule has 0 aromatic carbocycles. The van der Waals surface area contributed by atoms with Crippen LogP contribution in [0.2, 0.25) is 0 Å². The summed E-state index contributed by atoms with van der Waals surface area (Å²) in [4.78, 5) is 38.0. The van der Waals surface area contributed by atoms with Gasteiger partial charge in [-0.3, -0.25) is 14.4 Å². The highest BCUT2D eigenvalue weighted by Crippen LogP contribution is 2.15. The number of rotatable bonds is 50. The minimum atomic E-state index is -0.781. The average Bonchev–Trinajstić information content (AvgIpc) is 3.28. The molecule has 0 radical (unpaired) electrons. The fraction of sp³-hybridized carbons (Fsp3) is 0.842. The Kier molecular flexibility index (Phi) is 50.3. The first-order chi connectivity index (χ1) is 31.0. The summed E-state index contributed by atoms with van der Waals surface area (Å²) in [6.45, 7) is 6.63. The number of carbonyl (C=O) groups excluding carboxylic acids is 3. The summed E-state index contributed by atoms with van der Waals surface area (Å²) >= 11 is 0. The molecule has 368 valence electrons. The molecule has 6 heteroatoms. The first-order valence-corrected chi connectivity index (χ1v) is 27.5. The molecule has 6 nitrogen and oxygen atoms in total. The Labute approximate surface area is 391 Å². The zero-order valence-electron chi connectivity index (χ0n) is 42.1. The number of ether oxygens (including phenoxy) is 3. The minimum absolute atomic E-state index is 0.0806. The molecule has 0 amide bonds. The summed E-state index contributed by atoms with van der Waals surface area (Å²) in [7, 11) is 0. The molecule has 0 unspecified atom stereocenters. The van der Waals surface area contributed by atoms with E-state index in [9.17, 15) is 14.4 Å². The lowest BCUT2D eigenvalue weighted by atomic mass is 10.1. The first-order valence-electron chi connectivity index (χ1n) is 27.5. The van der Waals surface area contributed by atoms with Gasteiger partial charge in [0.05, 0.1) is 0 Å². The number of unbranched alkanes of at least 4 members (excludes halogenated alkanes) is 33. The second-order valence-electron chi connectivity index (χ2n) is 18.5. The number of allylic oxidation sites excluding steroid dienone is 6. The Morgan fingerprint density at radius 3 is 0.794 bits per heavy atom. The van der Waals surface area contributed by atoms with E-state index >= 15 is 0 Å². The van der Waals surface area contributed by atoms with Crippen LogP contribution in [0, 0.1) is 0 Å². The van der Waals surface area contributed by atoms with Gasteiger partial charge in [-0.1, -0.05) is 211 Å². The lowest BCUT2D eigenvalue weighted by Gasteiger charge is -2.18. The normalized spacial score (nSPS) is 12.2. The second kappa shape index (κ2) is 52.3. The Morgan fingerprint density at radius 2 is 0.524 bits per heavy atom. The van der Waals surface area contributed by atoms with Gasteiger partial charge in [0.15, 0.2) is 6.10 Å². The third-order valence-electron chi connectivity index (χ3n) is 12.1. The summed E-state index contributed by atoms with van der Waals surface area (Å²) in [5, 5.41) is 0. The molecule has 0 saturated heterocycles. The van der Waals surface area contributed by atoms with E-state index in [2.05, 4.69) is 57.2 Å². The maximum Gasteiger partial charge on any atom is 0.306 e. The third kappa shape index (κ3) is 50.5. The van der Waals surface area contributed by atoms with Gasteiger partial charge in [0.2, 0.25) is 0 Å². The van der Waals surface area contributed by atoms with Crippen molar-refractivity contribution in [2.75, 3.05) is 13.2 Å². The lowest BCUT2D eigenvalue weighted by Crippen LogP contribution is -2.30. The molecule has 0 atom stereocenters. The predicted molar refractivity (Wildman–Crippen MR) is 270 cm³/mol. The van der Waals surface area contributed by atoms with E-state index in [0.29, 0.717) is 19.3 Å². The highest BCUT2D eigenvalue weighted by molar-refractivity contribution is 5.71. The van der Waals surface area contributed by atoms with Crippen LogP contribution < -0.4 is 0 Å². The van der Waals surface area contributed by atoms with Gasteiger partial charge in [0.1, 0.15) is 13.2 Å². The highest BCUT2D eigenvalue weighted by atomic mass is 16.6. The quantitative estimate of drug-likeness (QED) is 0.0262. The molecule has 0 heterocycles. The molecule has 0 rings (SSSR count). The van der Waals surface area contributed by atoms with Crippen LogP contribution in [0.25, 0.3) is 0 Å². The predicted octanol–water partition coefficient (Wildman–Crippen LogP) is 18.1. The van der Waals surface area contributed by atoms with Gasteiger partial charge >= 0.3 is 17.9 Å². The standard InChI is InChI=1S/C57H104O6/c1-4-7-10-13-16-19-22-25-28-31-34-37-40-43-46-49-55(58)61-52-54(63-57(60)51-48-45-42-39-36-33-30-27-24-21-18-15-12-9-6-3)53-62-56(59)50-47-44-41-38-35-32-29-26-23-20-17-14-11-8-5-2/h25-30,54H,4-24,31-53H2,1-3H3. The van der Waals surface area contributed by atoms with Crippen LogP contribution in [-0.2, 0) is 28.6 Å². The lowest BCUT2D eigenvalue weighted by molar-refractivity contribution is -0.167. The van der Waals surface area contributed by atoms with Crippen LogP contribution in [0.5, 0.6) is 0 Å². The third-order valence-corrected chi connectivity index (χ3v) is 12.1. The summed E-state index contributed by atoms with van der Waals surface area (Å²) in [5.74, 6) is -0.893. The van der Waals surface area contributed by atoms with Crippen molar-refractivity contribution < 1.29 is 28.6 Å². The molecule has 0 aliphatic carbocycles. The maximum atomic E-state index is 12.8. The van der Waals surface area contributed by atoms with Crippen molar-refractivity contribution in [3.8, 4) is 0 Å². The van der Waals surface area contributed by atoms with E-state index in [1.54, 1.807) is 0 Å². The van der Waals surface area contributed by atoms with E-state index in [1.165, 1.54) is 173 Å². The molecule has 63 heavy (non-hydrogen) atoms. The molecular formula is C57H104O6. The summed E-state index contributed by atoms with van der Waals surface area (Å²) in [6.07, 6.45) is 61.2. The number of hydrogen-bond acceptors (Lipinski definition) is 6. The van der Waals surface area contributed by atoms with Gasteiger partial charge in [-0.05, 0) is 96.3 Å². The number of esters is 3. The van der Waals surface area contributed by atoms with Crippen LogP contribution in [0.4, 0.5) is 0 Å². The topological polar surface area (TPSA) is 78.9 Å². The van der Waals surface area contributed by atoms with Gasteiger partial charge in [0, 0.05) is 19.3 Å². The molecule has 0 aromatic rings. The zero-order chi connectivity index (χ0) is 45.8. The SMILES string of the molecule is CCCCCCCCC=CCCCCCCCC(=O)OCC(COC(=O)CCCCCCCC=CCCCCCCCC)OC(=O)CCCCCCCC=CCCCCCCCC. The molecule has 0 aromatic heterocycles. The molecule has 0 aliphatic rings. The summed E-state index contributed by atoms with van der Waals surface area (Å²) in [6, 6.07) is 0. The Balaban J connectivity index is 4.39. The van der Waals surface area contributed by atoms with Crippen molar-refractivity contribution in [1.29, 1.82) is 0 Å². The molecule has 0 spiro atoms. The maximum absolute atomic E-state index is 12.8. The van der Waals surface area contributed by atoms with Crippen LogP contribution in [0.15, 0.2) is 36.5 Å². The smallest absolute Gasteiger partial charge is 0.306 e. The van der Waals surface area contributed by atoms with Gasteiger partial charge in [-0.2, -0.15) is 0 Å². The van der Waals surface area contributed by atoms with Gasteiger partial charge in [0.25, 0.3) is 0 Å². The van der Waals surface area contributed by atoms with Crippen LogP contribution >= 0.6 is 0 Å². The first kappa shape index (κ1) is 60.6. The van der Waals surface area contributed by atoms with Crippen LogP contribution in [0.1, 0.15) is 290 Å². The number of hydrogen-bond donors (Lipinski definition) is 0. The van der Waals surface area contributed by atoms with Crippen LogP contribution in [0.3, 0.4) is 0 Å². The monoisotopic (exact) mass is 885 g/mol. The largest absolute Gasteiger partial charge is 0.462 e. The zero-order valence-corrected chi connectivity index (χ0v) is 42.1. The van der Waals surface area contributed by atoms with Crippen molar-refractivity contribution in [2.45, 2.75) is 297 Å². The van der Waals surface area contributed by atoms with Gasteiger partial charge in [-0.25, -0.2) is 0 Å². The van der Waals surface area contributed by atoms with Gasteiger partial charge < -0.3 is 14.2 Å². The van der Waals surface area contributed by atoms with Gasteiger partial charge in [-0.15, -0.1) is 0 Å². The van der Waals surface area contributed by atoms with Crippen LogP contribution in [-0.4, -0.2) is 37.2 Å². The minimum Gasteiger partial charge on any atom is -0.462 e. The van der Waals surface area contributed by atoms with E-state index in [-0.39, 0.29) is 31.1 Å². The Hall–Kier alpha value is -2.37. The van der Waals surface area contributed by atoms with E-state index in [1.807, 2.05) is 0 Å². The Bertz CT molecular complexity index is 1010. The van der Waals surface area contributed by atoms with E-state index < -0.39 is 6.10 Å². The van der Waals surface area contributed by atoms with Crippen molar-refractivity contribution in [1.82, 2.24) is 0 Å². The van der Waals surface area contributed by atoms with E-state index in [4.69, 9.17) is 14.2 Å². The highest BCUT2D eigenvalue weighted by Gasteiger charge is 2.19. The number of carbonyl (C=O) groups is 3.